The first-order valence-corrected chi connectivity index (χ1v) is 27.2. The van der Waals surface area contributed by atoms with E-state index in [-0.39, 0.29) is 0 Å². The van der Waals surface area contributed by atoms with E-state index in [1.165, 1.54) is 212 Å². The lowest BCUT2D eigenvalue weighted by atomic mass is 10.00. The lowest BCUT2D eigenvalue weighted by molar-refractivity contribution is -0.132. The molecule has 0 saturated heterocycles. The topological polar surface area (TPSA) is 110 Å². The monoisotopic (exact) mass is 862 g/mol. The van der Waals surface area contributed by atoms with Gasteiger partial charge in [-0.3, -0.25) is 4.79 Å². The second-order valence-electron chi connectivity index (χ2n) is 18.9. The van der Waals surface area contributed by atoms with Gasteiger partial charge < -0.3 is 25.7 Å². The maximum atomic E-state index is 12.5. The minimum atomic E-state index is -1.29. The molecule has 5 N–H and O–H groups in total. The average Bonchev–Trinajstić information content (AvgIpc) is 3.26. The summed E-state index contributed by atoms with van der Waals surface area (Å²) < 4.78 is 0. The Kier molecular flexibility index (Phi) is 48.8. The first-order chi connectivity index (χ1) is 30.0. The summed E-state index contributed by atoms with van der Waals surface area (Å²) in [6.07, 6.45) is 59.9. The summed E-state index contributed by atoms with van der Waals surface area (Å²) in [5.74, 6) is -0.594. The summed E-state index contributed by atoms with van der Waals surface area (Å²) in [6, 6.07) is -1.00. The van der Waals surface area contributed by atoms with Crippen LogP contribution in [0.5, 0.6) is 0 Å². The Morgan fingerprint density at radius 1 is 0.393 bits per heavy atom. The first kappa shape index (κ1) is 59.8. The Labute approximate surface area is 380 Å². The summed E-state index contributed by atoms with van der Waals surface area (Å²) in [7, 11) is 0. The van der Waals surface area contributed by atoms with Crippen molar-refractivity contribution in [2.45, 2.75) is 314 Å². The normalized spacial score (nSPS) is 14.0. The van der Waals surface area contributed by atoms with Gasteiger partial charge in [0.15, 0.2) is 0 Å². The van der Waals surface area contributed by atoms with E-state index >= 15 is 0 Å². The summed E-state index contributed by atoms with van der Waals surface area (Å²) in [4.78, 5) is 12.5. The van der Waals surface area contributed by atoms with Gasteiger partial charge in [0.1, 0.15) is 12.2 Å². The maximum Gasteiger partial charge on any atom is 0.249 e. The second-order valence-corrected chi connectivity index (χ2v) is 18.9. The number of amides is 1. The van der Waals surface area contributed by atoms with Crippen molar-refractivity contribution >= 4 is 5.91 Å². The van der Waals surface area contributed by atoms with E-state index in [0.717, 1.165) is 44.9 Å². The summed E-state index contributed by atoms with van der Waals surface area (Å²) in [6.45, 7) is 4.00. The summed E-state index contributed by atoms with van der Waals surface area (Å²) in [5.41, 5.74) is 0. The van der Waals surface area contributed by atoms with E-state index in [9.17, 15) is 25.2 Å². The lowest BCUT2D eigenvalue weighted by Crippen LogP contribution is -2.53. The number of aliphatic hydroxyl groups is 4. The van der Waals surface area contributed by atoms with Gasteiger partial charge in [-0.15, -0.1) is 0 Å². The number of rotatable bonds is 50. The third-order valence-electron chi connectivity index (χ3n) is 12.9. The van der Waals surface area contributed by atoms with Crippen LogP contribution in [0.15, 0.2) is 24.3 Å². The number of unbranched alkanes of at least 4 members (excludes halogenated alkanes) is 37. The van der Waals surface area contributed by atoms with Gasteiger partial charge in [-0.05, 0) is 44.9 Å². The van der Waals surface area contributed by atoms with Crippen LogP contribution in [-0.4, -0.2) is 57.3 Å². The molecule has 6 heteroatoms. The summed E-state index contributed by atoms with van der Waals surface area (Å²) >= 11 is 0. The van der Waals surface area contributed by atoms with E-state index < -0.39 is 36.9 Å². The van der Waals surface area contributed by atoms with Crippen molar-refractivity contribution in [3.05, 3.63) is 24.3 Å². The van der Waals surface area contributed by atoms with Gasteiger partial charge >= 0.3 is 0 Å². The molecule has 0 aromatic rings. The smallest absolute Gasteiger partial charge is 0.249 e. The van der Waals surface area contributed by atoms with E-state index in [1.807, 2.05) is 0 Å². The van der Waals surface area contributed by atoms with Crippen molar-refractivity contribution in [1.29, 1.82) is 0 Å². The highest BCUT2D eigenvalue weighted by Crippen LogP contribution is 2.18. The Hall–Kier alpha value is -1.21. The largest absolute Gasteiger partial charge is 0.394 e. The zero-order valence-electron chi connectivity index (χ0n) is 40.9. The molecule has 0 aromatic carbocycles. The molecule has 4 atom stereocenters. The van der Waals surface area contributed by atoms with Crippen LogP contribution in [0.3, 0.4) is 0 Å². The Morgan fingerprint density at radius 2 is 0.689 bits per heavy atom. The highest BCUT2D eigenvalue weighted by atomic mass is 16.3. The van der Waals surface area contributed by atoms with Crippen LogP contribution in [0.1, 0.15) is 290 Å². The number of carbonyl (C=O) groups excluding carboxylic acids is 1. The lowest BCUT2D eigenvalue weighted by Gasteiger charge is -2.27. The molecule has 0 saturated carbocycles. The predicted molar refractivity (Wildman–Crippen MR) is 265 cm³/mol. The molecule has 1 amide bonds. The fourth-order valence-corrected chi connectivity index (χ4v) is 8.59. The predicted octanol–water partition coefficient (Wildman–Crippen LogP) is 15.5. The van der Waals surface area contributed by atoms with Crippen LogP contribution < -0.4 is 5.32 Å². The third kappa shape index (κ3) is 43.8. The van der Waals surface area contributed by atoms with Crippen LogP contribution in [0.2, 0.25) is 0 Å². The van der Waals surface area contributed by atoms with Crippen molar-refractivity contribution in [2.75, 3.05) is 6.61 Å². The highest BCUT2D eigenvalue weighted by Gasteiger charge is 2.28. The Morgan fingerprint density at radius 3 is 1.02 bits per heavy atom. The molecule has 0 aliphatic carbocycles. The second kappa shape index (κ2) is 49.8. The SMILES string of the molecule is CCCC/C=C/CC/C=C/CCCC(O)C(O)C(CO)NC(=O)C(O)CCCCCCCCCCCCCCCCCCCCCCCCCCCCCCCCCCCC. The molecule has 0 heterocycles. The van der Waals surface area contributed by atoms with Gasteiger partial charge in [0.25, 0.3) is 0 Å². The Balaban J connectivity index is 3.50. The quantitative estimate of drug-likeness (QED) is 0.0309. The third-order valence-corrected chi connectivity index (χ3v) is 12.9. The van der Waals surface area contributed by atoms with Gasteiger partial charge in [0.05, 0.1) is 18.8 Å². The first-order valence-electron chi connectivity index (χ1n) is 27.2. The molecular formula is C55H107NO5. The van der Waals surface area contributed by atoms with E-state index in [2.05, 4.69) is 43.5 Å². The minimum absolute atomic E-state index is 0.364. The number of hydrogen-bond acceptors (Lipinski definition) is 5. The fourth-order valence-electron chi connectivity index (χ4n) is 8.59. The molecule has 0 radical (unpaired) electrons. The minimum Gasteiger partial charge on any atom is -0.394 e. The molecule has 0 bridgehead atoms. The van der Waals surface area contributed by atoms with Crippen LogP contribution in [0.25, 0.3) is 0 Å². The molecule has 6 nitrogen and oxygen atoms in total. The van der Waals surface area contributed by atoms with Crippen molar-refractivity contribution in [3.63, 3.8) is 0 Å². The van der Waals surface area contributed by atoms with E-state index in [0.29, 0.717) is 19.3 Å². The van der Waals surface area contributed by atoms with Crippen molar-refractivity contribution in [1.82, 2.24) is 5.32 Å². The number of nitrogens with one attached hydrogen (secondary N) is 1. The summed E-state index contributed by atoms with van der Waals surface area (Å²) in [5, 5.41) is 43.6. The molecule has 362 valence electrons. The zero-order chi connectivity index (χ0) is 44.5. The molecule has 0 aromatic heterocycles. The van der Waals surface area contributed by atoms with Gasteiger partial charge in [0, 0.05) is 0 Å². The van der Waals surface area contributed by atoms with Crippen molar-refractivity contribution in [3.8, 4) is 0 Å². The molecule has 61 heavy (non-hydrogen) atoms. The highest BCUT2D eigenvalue weighted by molar-refractivity contribution is 5.80. The molecule has 0 fully saturated rings. The molecule has 0 spiro atoms. The standard InChI is InChI=1S/C55H107NO5/c1-3-5-7-9-11-13-15-16-17-18-19-20-21-22-23-24-25-26-27-28-29-30-31-32-33-34-35-36-37-39-41-43-45-47-49-53(59)55(61)56-51(50-57)54(60)52(58)48-46-44-42-40-38-14-12-10-8-6-4-2/h10,12,40,42,51-54,57-60H,3-9,11,13-39,41,43-50H2,1-2H3,(H,56,61)/b12-10+,42-40+. The molecule has 0 aliphatic heterocycles. The number of hydrogen-bond donors (Lipinski definition) is 5. The average molecular weight is 862 g/mol. The van der Waals surface area contributed by atoms with Gasteiger partial charge in [0.2, 0.25) is 5.91 Å². The van der Waals surface area contributed by atoms with Crippen LogP contribution in [0.4, 0.5) is 0 Å². The zero-order valence-corrected chi connectivity index (χ0v) is 40.9. The fraction of sp³-hybridized carbons (Fsp3) is 0.909. The molecular weight excluding hydrogens is 755 g/mol. The molecule has 0 aliphatic rings. The van der Waals surface area contributed by atoms with Gasteiger partial charge in [-0.25, -0.2) is 0 Å². The van der Waals surface area contributed by atoms with E-state index in [1.54, 1.807) is 0 Å². The van der Waals surface area contributed by atoms with E-state index in [4.69, 9.17) is 0 Å². The van der Waals surface area contributed by atoms with Crippen LogP contribution >= 0.6 is 0 Å². The molecule has 0 rings (SSSR count). The number of allylic oxidation sites excluding steroid dienone is 4. The Bertz CT molecular complexity index is 924. The molecule has 4 unspecified atom stereocenters. The van der Waals surface area contributed by atoms with Crippen LogP contribution in [0, 0.1) is 0 Å². The number of aliphatic hydroxyl groups excluding tert-OH is 4. The van der Waals surface area contributed by atoms with Crippen molar-refractivity contribution in [2.24, 2.45) is 0 Å². The van der Waals surface area contributed by atoms with Gasteiger partial charge in [-0.2, -0.15) is 0 Å². The van der Waals surface area contributed by atoms with Crippen LogP contribution in [-0.2, 0) is 4.79 Å². The number of carbonyl (C=O) groups is 1. The van der Waals surface area contributed by atoms with Gasteiger partial charge in [-0.1, -0.05) is 269 Å². The van der Waals surface area contributed by atoms with Crippen molar-refractivity contribution < 1.29 is 25.2 Å². The maximum absolute atomic E-state index is 12.5.